The summed E-state index contributed by atoms with van der Waals surface area (Å²) in [5.41, 5.74) is 0.307. The van der Waals surface area contributed by atoms with E-state index in [4.69, 9.17) is 27.9 Å². The number of hydrogen-bond donors (Lipinski definition) is 3. The summed E-state index contributed by atoms with van der Waals surface area (Å²) < 4.78 is 5.52. The maximum absolute atomic E-state index is 11.7. The summed E-state index contributed by atoms with van der Waals surface area (Å²) in [6.45, 7) is 1.39. The lowest BCUT2D eigenvalue weighted by atomic mass is 10.1. The van der Waals surface area contributed by atoms with Crippen molar-refractivity contribution in [2.24, 2.45) is 0 Å². The fourth-order valence-electron chi connectivity index (χ4n) is 2.81. The van der Waals surface area contributed by atoms with E-state index >= 15 is 0 Å². The Morgan fingerprint density at radius 3 is 2.88 bits per heavy atom. The van der Waals surface area contributed by atoms with Crippen molar-refractivity contribution in [3.05, 3.63) is 60.3 Å². The average molecular weight is 386 g/mol. The van der Waals surface area contributed by atoms with Crippen LogP contribution in [0.1, 0.15) is 11.3 Å². The lowest BCUT2D eigenvalue weighted by Crippen LogP contribution is -2.42. The molecule has 0 amide bonds. The van der Waals surface area contributed by atoms with E-state index in [1.54, 1.807) is 18.2 Å². The first-order chi connectivity index (χ1) is 11.9. The number of nitrogens with zero attached hydrogens (tertiary/aromatic N) is 1. The van der Waals surface area contributed by atoms with Gasteiger partial charge < -0.3 is 14.8 Å². The lowest BCUT2D eigenvalue weighted by Gasteiger charge is -2.29. The normalized spacial score (nSPS) is 15.6. The molecular weight excluding hydrogens is 369 g/mol. The highest BCUT2D eigenvalue weighted by atomic mass is 35.5. The Morgan fingerprint density at radius 2 is 2.08 bits per heavy atom. The third-order valence-electron chi connectivity index (χ3n) is 3.98. The van der Waals surface area contributed by atoms with Crippen molar-refractivity contribution in [3.8, 4) is 5.75 Å². The molecule has 0 saturated heterocycles. The number of β-amino-alcohol motifs (C(OH)–C–C–N with tert-alkyl or cyclic N) is 1. The van der Waals surface area contributed by atoms with Crippen LogP contribution in [-0.4, -0.2) is 45.8 Å². The van der Waals surface area contributed by atoms with Gasteiger partial charge in [0.05, 0.1) is 5.02 Å². The Kier molecular flexibility index (Phi) is 5.48. The van der Waals surface area contributed by atoms with Gasteiger partial charge in [-0.25, -0.2) is 4.79 Å². The van der Waals surface area contributed by atoms with Gasteiger partial charge in [-0.1, -0.05) is 23.2 Å². The third-order valence-corrected chi connectivity index (χ3v) is 4.53. The van der Waals surface area contributed by atoms with Gasteiger partial charge in [0.2, 0.25) is 0 Å². The van der Waals surface area contributed by atoms with Gasteiger partial charge in [0.1, 0.15) is 18.5 Å². The number of halogens is 2. The molecule has 0 saturated carbocycles. The van der Waals surface area contributed by atoms with E-state index in [9.17, 15) is 14.7 Å². The van der Waals surface area contributed by atoms with Crippen molar-refractivity contribution < 1.29 is 9.84 Å². The van der Waals surface area contributed by atoms with Crippen LogP contribution in [0.15, 0.2) is 27.8 Å². The van der Waals surface area contributed by atoms with E-state index in [1.807, 2.05) is 4.90 Å². The monoisotopic (exact) mass is 385 g/mol. The summed E-state index contributed by atoms with van der Waals surface area (Å²) >= 11 is 11.9. The van der Waals surface area contributed by atoms with E-state index < -0.39 is 11.8 Å². The summed E-state index contributed by atoms with van der Waals surface area (Å²) in [6, 6.07) is 4.87. The highest BCUT2D eigenvalue weighted by Gasteiger charge is 2.22. The molecule has 0 bridgehead atoms. The van der Waals surface area contributed by atoms with Crippen molar-refractivity contribution in [2.45, 2.75) is 19.1 Å². The predicted molar refractivity (Wildman–Crippen MR) is 94.6 cm³/mol. The first kappa shape index (κ1) is 18.0. The number of aromatic nitrogens is 2. The van der Waals surface area contributed by atoms with Gasteiger partial charge in [-0.15, -0.1) is 0 Å². The van der Waals surface area contributed by atoms with Crippen molar-refractivity contribution in [3.63, 3.8) is 0 Å². The topological polar surface area (TPSA) is 98.4 Å². The maximum Gasteiger partial charge on any atom is 0.325 e. The predicted octanol–water partition coefficient (Wildman–Crippen LogP) is 1.17. The molecule has 0 aliphatic carbocycles. The molecule has 1 aromatic heterocycles. The minimum absolute atomic E-state index is 0.0509. The molecule has 7 nitrogen and oxygen atoms in total. The summed E-state index contributed by atoms with van der Waals surface area (Å²) in [5, 5.41) is 11.1. The Labute approximate surface area is 153 Å². The van der Waals surface area contributed by atoms with Crippen LogP contribution in [0.3, 0.4) is 0 Å². The third kappa shape index (κ3) is 4.43. The first-order valence-electron chi connectivity index (χ1n) is 7.75. The molecule has 3 N–H and O–H groups in total. The number of hydrogen-bond acceptors (Lipinski definition) is 5. The van der Waals surface area contributed by atoms with Crippen molar-refractivity contribution in [1.82, 2.24) is 14.9 Å². The average Bonchev–Trinajstić information content (AvgIpc) is 2.55. The Hall–Kier alpha value is -1.80. The molecule has 134 valence electrons. The molecule has 2 heterocycles. The number of rotatable bonds is 5. The Balaban J connectivity index is 1.58. The second-order valence-electron chi connectivity index (χ2n) is 5.89. The molecule has 1 aliphatic rings. The molecule has 1 unspecified atom stereocenters. The van der Waals surface area contributed by atoms with Crippen LogP contribution in [0.2, 0.25) is 10.0 Å². The molecule has 2 aromatic rings. The zero-order valence-corrected chi connectivity index (χ0v) is 14.7. The smallest absolute Gasteiger partial charge is 0.325 e. The van der Waals surface area contributed by atoms with Crippen LogP contribution in [-0.2, 0) is 13.0 Å². The summed E-state index contributed by atoms with van der Waals surface area (Å²) in [5.74, 6) is 0.410. The van der Waals surface area contributed by atoms with Gasteiger partial charge in [-0.3, -0.25) is 14.7 Å². The van der Waals surface area contributed by atoms with Crippen LogP contribution in [0.5, 0.6) is 5.75 Å². The maximum atomic E-state index is 11.7. The van der Waals surface area contributed by atoms with Gasteiger partial charge in [-0.2, -0.15) is 0 Å². The molecule has 0 fully saturated rings. The van der Waals surface area contributed by atoms with E-state index in [1.165, 1.54) is 0 Å². The largest absolute Gasteiger partial charge is 0.489 e. The Morgan fingerprint density at radius 1 is 1.28 bits per heavy atom. The van der Waals surface area contributed by atoms with Crippen molar-refractivity contribution in [1.29, 1.82) is 0 Å². The molecular formula is C16H17Cl2N3O4. The fourth-order valence-corrected chi connectivity index (χ4v) is 3.15. The summed E-state index contributed by atoms with van der Waals surface area (Å²) in [6.07, 6.45) is -0.250. The second kappa shape index (κ2) is 7.61. The number of fused-ring (bicyclic) bond motifs is 1. The minimum atomic E-state index is -0.759. The molecule has 1 atom stereocenters. The number of aromatic amines is 2. The summed E-state index contributed by atoms with van der Waals surface area (Å²) in [7, 11) is 0. The zero-order chi connectivity index (χ0) is 18.0. The number of H-pyrrole nitrogens is 2. The molecule has 3 rings (SSSR count). The lowest BCUT2D eigenvalue weighted by molar-refractivity contribution is 0.0631. The highest BCUT2D eigenvalue weighted by molar-refractivity contribution is 6.34. The second-order valence-corrected chi connectivity index (χ2v) is 6.73. The van der Waals surface area contributed by atoms with E-state index in [-0.39, 0.29) is 12.2 Å². The van der Waals surface area contributed by atoms with E-state index in [0.717, 1.165) is 0 Å². The zero-order valence-electron chi connectivity index (χ0n) is 13.2. The van der Waals surface area contributed by atoms with Gasteiger partial charge in [0.25, 0.3) is 5.56 Å². The molecule has 0 spiro atoms. The fraction of sp³-hybridized carbons (Fsp3) is 0.375. The minimum Gasteiger partial charge on any atom is -0.489 e. The standard InChI is InChI=1S/C16H17Cl2N3O4/c17-9-1-2-12(18)14(5-9)25-8-10(22)6-21-4-3-11-13(7-21)19-16(24)20-15(11)23/h1-2,5,10,22H,3-4,6-8H2,(H2,19,20,23,24). The molecule has 25 heavy (non-hydrogen) atoms. The van der Waals surface area contributed by atoms with Crippen molar-refractivity contribution >= 4 is 23.2 Å². The van der Waals surface area contributed by atoms with Crippen LogP contribution in [0, 0.1) is 0 Å². The number of aliphatic hydroxyl groups is 1. The van der Waals surface area contributed by atoms with Gasteiger partial charge in [-0.05, 0) is 18.6 Å². The van der Waals surface area contributed by atoms with E-state index in [2.05, 4.69) is 9.97 Å². The highest BCUT2D eigenvalue weighted by Crippen LogP contribution is 2.27. The number of aliphatic hydroxyl groups excluding tert-OH is 1. The van der Waals surface area contributed by atoms with Gasteiger partial charge in [0, 0.05) is 42.0 Å². The van der Waals surface area contributed by atoms with Gasteiger partial charge >= 0.3 is 5.69 Å². The quantitative estimate of drug-likeness (QED) is 0.717. The molecule has 1 aromatic carbocycles. The van der Waals surface area contributed by atoms with Crippen LogP contribution < -0.4 is 16.0 Å². The van der Waals surface area contributed by atoms with Crippen molar-refractivity contribution in [2.75, 3.05) is 19.7 Å². The van der Waals surface area contributed by atoms with Crippen LogP contribution in [0.25, 0.3) is 0 Å². The number of benzene rings is 1. The Bertz CT molecular complexity index is 880. The van der Waals surface area contributed by atoms with E-state index in [0.29, 0.717) is 53.1 Å². The molecule has 9 heteroatoms. The summed E-state index contributed by atoms with van der Waals surface area (Å²) in [4.78, 5) is 30.0. The molecule has 0 radical (unpaired) electrons. The SMILES string of the molecule is O=c1[nH]c2c(c(=O)[nH]1)CCN(CC(O)COc1cc(Cl)ccc1Cl)C2. The first-order valence-corrected chi connectivity index (χ1v) is 8.50. The molecule has 1 aliphatic heterocycles. The number of nitrogens with one attached hydrogen (secondary N) is 2. The van der Waals surface area contributed by atoms with Gasteiger partial charge in [0.15, 0.2) is 0 Å². The number of ether oxygens (including phenoxy) is 1. The van der Waals surface area contributed by atoms with Crippen LogP contribution >= 0.6 is 23.2 Å². The van der Waals surface area contributed by atoms with Crippen LogP contribution in [0.4, 0.5) is 0 Å².